The van der Waals surface area contributed by atoms with Crippen molar-refractivity contribution in [3.8, 4) is 0 Å². The van der Waals surface area contributed by atoms with E-state index >= 15 is 0 Å². The Morgan fingerprint density at radius 3 is 1.26 bits per heavy atom. The Kier molecular flexibility index (Phi) is 17.9. The molecule has 31 heavy (non-hydrogen) atoms. The second-order valence-corrected chi connectivity index (χ2v) is 10.6. The highest BCUT2D eigenvalue weighted by Gasteiger charge is 2.36. The Hall–Kier alpha value is -1.06. The molecule has 0 heterocycles. The van der Waals surface area contributed by atoms with E-state index in [0.29, 0.717) is 6.42 Å². The average molecular weight is 441 g/mol. The lowest BCUT2D eigenvalue weighted by Gasteiger charge is -2.30. The van der Waals surface area contributed by atoms with E-state index in [2.05, 4.69) is 27.7 Å². The van der Waals surface area contributed by atoms with Crippen molar-refractivity contribution in [1.82, 2.24) is 0 Å². The highest BCUT2D eigenvalue weighted by Crippen LogP contribution is 2.38. The van der Waals surface area contributed by atoms with Crippen LogP contribution in [-0.2, 0) is 9.59 Å². The van der Waals surface area contributed by atoms with Crippen LogP contribution in [0.4, 0.5) is 0 Å². The van der Waals surface area contributed by atoms with Crippen molar-refractivity contribution in [3.63, 3.8) is 0 Å². The summed E-state index contributed by atoms with van der Waals surface area (Å²) < 4.78 is 0. The quantitative estimate of drug-likeness (QED) is 0.165. The predicted molar refractivity (Wildman–Crippen MR) is 130 cm³/mol. The second kappa shape index (κ2) is 18.5. The van der Waals surface area contributed by atoms with E-state index in [1.807, 2.05) is 0 Å². The number of carboxylic acids is 2. The number of hydrogen-bond acceptors (Lipinski definition) is 2. The van der Waals surface area contributed by atoms with Crippen LogP contribution in [0.5, 0.6) is 0 Å². The van der Waals surface area contributed by atoms with Crippen molar-refractivity contribution in [1.29, 1.82) is 0 Å². The summed E-state index contributed by atoms with van der Waals surface area (Å²) in [6.07, 6.45) is 17.7. The van der Waals surface area contributed by atoms with Gasteiger partial charge in [-0.1, -0.05) is 111 Å². The van der Waals surface area contributed by atoms with Gasteiger partial charge in [-0.15, -0.1) is 0 Å². The van der Waals surface area contributed by atoms with Gasteiger partial charge in [-0.3, -0.25) is 9.59 Å². The van der Waals surface area contributed by atoms with Gasteiger partial charge in [0.1, 0.15) is 0 Å². The molecule has 0 atom stereocenters. The van der Waals surface area contributed by atoms with Gasteiger partial charge in [-0.2, -0.15) is 0 Å². The summed E-state index contributed by atoms with van der Waals surface area (Å²) in [5.74, 6) is 0.141. The molecule has 4 nitrogen and oxygen atoms in total. The Bertz CT molecular complexity index is 436. The average Bonchev–Trinajstić information content (AvgIpc) is 2.68. The number of unbranched alkanes of at least 4 members (excludes halogenated alkanes) is 9. The SMILES string of the molecule is CC(C)CCCCCCC(CCCCCCC(=O)O)(CCCCCCC(C)C)C(=O)O. The van der Waals surface area contributed by atoms with Gasteiger partial charge < -0.3 is 10.2 Å². The molecule has 4 heteroatoms. The zero-order chi connectivity index (χ0) is 23.5. The number of rotatable bonds is 22. The van der Waals surface area contributed by atoms with Gasteiger partial charge in [0.05, 0.1) is 5.41 Å². The van der Waals surface area contributed by atoms with Crippen LogP contribution in [0.15, 0.2) is 0 Å². The molecule has 0 aliphatic heterocycles. The summed E-state index contributed by atoms with van der Waals surface area (Å²) in [4.78, 5) is 23.0. The molecule has 0 aliphatic carbocycles. The molecule has 2 N–H and O–H groups in total. The monoisotopic (exact) mass is 440 g/mol. The molecule has 0 aromatic rings. The van der Waals surface area contributed by atoms with Crippen molar-refractivity contribution in [2.45, 2.75) is 143 Å². The molecule has 0 saturated carbocycles. The van der Waals surface area contributed by atoms with Crippen LogP contribution >= 0.6 is 0 Å². The lowest BCUT2D eigenvalue weighted by Crippen LogP contribution is -2.31. The molecule has 0 aliphatic rings. The summed E-state index contributed by atoms with van der Waals surface area (Å²) in [5, 5.41) is 18.9. The van der Waals surface area contributed by atoms with Crippen molar-refractivity contribution >= 4 is 11.9 Å². The molecule has 0 fully saturated rings. The molecule has 184 valence electrons. The van der Waals surface area contributed by atoms with Gasteiger partial charge in [0.25, 0.3) is 0 Å². The summed E-state index contributed by atoms with van der Waals surface area (Å²) >= 11 is 0. The zero-order valence-electron chi connectivity index (χ0n) is 21.1. The first-order valence-electron chi connectivity index (χ1n) is 13.1. The van der Waals surface area contributed by atoms with E-state index in [0.717, 1.165) is 76.0 Å². The van der Waals surface area contributed by atoms with Crippen LogP contribution in [0.25, 0.3) is 0 Å². The van der Waals surface area contributed by atoms with E-state index in [1.165, 1.54) is 38.5 Å². The number of carboxylic acid groups (broad SMARTS) is 2. The number of aliphatic carboxylic acids is 2. The Labute approximate surface area is 192 Å². The van der Waals surface area contributed by atoms with Gasteiger partial charge in [0.2, 0.25) is 0 Å². The fraction of sp³-hybridized carbons (Fsp3) is 0.926. The molecule has 0 spiro atoms. The minimum atomic E-state index is -0.741. The summed E-state index contributed by atoms with van der Waals surface area (Å²) in [5.41, 5.74) is -0.580. The van der Waals surface area contributed by atoms with Crippen LogP contribution < -0.4 is 0 Å². The Balaban J connectivity index is 4.56. The van der Waals surface area contributed by atoms with E-state index in [9.17, 15) is 14.7 Å². The highest BCUT2D eigenvalue weighted by atomic mass is 16.4. The first kappa shape index (κ1) is 29.9. The van der Waals surface area contributed by atoms with Crippen molar-refractivity contribution in [2.24, 2.45) is 17.3 Å². The normalized spacial score (nSPS) is 12.1. The molecule has 0 amide bonds. The third-order valence-electron chi connectivity index (χ3n) is 6.62. The largest absolute Gasteiger partial charge is 0.481 e. The van der Waals surface area contributed by atoms with Crippen LogP contribution in [0.3, 0.4) is 0 Å². The zero-order valence-corrected chi connectivity index (χ0v) is 21.1. The maximum Gasteiger partial charge on any atom is 0.309 e. The summed E-state index contributed by atoms with van der Waals surface area (Å²) in [6.45, 7) is 9.03. The molecule has 0 bridgehead atoms. The van der Waals surface area contributed by atoms with Crippen molar-refractivity contribution in [2.75, 3.05) is 0 Å². The third kappa shape index (κ3) is 17.2. The van der Waals surface area contributed by atoms with E-state index in [1.54, 1.807) is 0 Å². The fourth-order valence-electron chi connectivity index (χ4n) is 4.53. The number of hydrogen-bond donors (Lipinski definition) is 2. The molecule has 0 unspecified atom stereocenters. The van der Waals surface area contributed by atoms with Gasteiger partial charge >= 0.3 is 11.9 Å². The molecule has 0 aromatic heterocycles. The molecular formula is C27H52O4. The van der Waals surface area contributed by atoms with E-state index < -0.39 is 17.4 Å². The fourth-order valence-corrected chi connectivity index (χ4v) is 4.53. The van der Waals surface area contributed by atoms with Crippen LogP contribution in [0.2, 0.25) is 0 Å². The lowest BCUT2D eigenvalue weighted by atomic mass is 9.74. The van der Waals surface area contributed by atoms with Crippen LogP contribution in [-0.4, -0.2) is 22.2 Å². The molecule has 0 rings (SSSR count). The molecule has 0 radical (unpaired) electrons. The standard InChI is InChI=1S/C27H52O4/c1-23(2)17-11-5-8-14-20-27(26(30)31,21-15-9-6-12-18-24(3)4)22-16-10-7-13-19-25(28)29/h23-24H,5-22H2,1-4H3,(H,28,29)(H,30,31). The van der Waals surface area contributed by atoms with E-state index in [-0.39, 0.29) is 6.42 Å². The van der Waals surface area contributed by atoms with Gasteiger partial charge in [-0.05, 0) is 37.5 Å². The van der Waals surface area contributed by atoms with Gasteiger partial charge in [0, 0.05) is 6.42 Å². The minimum absolute atomic E-state index is 0.219. The van der Waals surface area contributed by atoms with Crippen LogP contribution in [0, 0.1) is 17.3 Å². The summed E-state index contributed by atoms with van der Waals surface area (Å²) in [6, 6.07) is 0. The third-order valence-corrected chi connectivity index (χ3v) is 6.62. The number of carbonyl (C=O) groups is 2. The first-order chi connectivity index (χ1) is 14.7. The Morgan fingerprint density at radius 1 is 0.581 bits per heavy atom. The molecule has 0 aromatic carbocycles. The van der Waals surface area contributed by atoms with Gasteiger partial charge in [-0.25, -0.2) is 0 Å². The first-order valence-corrected chi connectivity index (χ1v) is 13.1. The minimum Gasteiger partial charge on any atom is -0.481 e. The summed E-state index contributed by atoms with van der Waals surface area (Å²) in [7, 11) is 0. The predicted octanol–water partition coefficient (Wildman–Crippen LogP) is 8.48. The second-order valence-electron chi connectivity index (χ2n) is 10.6. The lowest BCUT2D eigenvalue weighted by molar-refractivity contribution is -0.150. The molecule has 0 saturated heterocycles. The highest BCUT2D eigenvalue weighted by molar-refractivity contribution is 5.74. The Morgan fingerprint density at radius 2 is 0.935 bits per heavy atom. The molecular weight excluding hydrogens is 388 g/mol. The van der Waals surface area contributed by atoms with Crippen molar-refractivity contribution < 1.29 is 19.8 Å². The maximum atomic E-state index is 12.4. The van der Waals surface area contributed by atoms with Crippen molar-refractivity contribution in [3.05, 3.63) is 0 Å². The smallest absolute Gasteiger partial charge is 0.309 e. The van der Waals surface area contributed by atoms with E-state index in [4.69, 9.17) is 5.11 Å². The topological polar surface area (TPSA) is 74.6 Å². The van der Waals surface area contributed by atoms with Gasteiger partial charge in [0.15, 0.2) is 0 Å². The van der Waals surface area contributed by atoms with Crippen LogP contribution in [0.1, 0.15) is 143 Å². The maximum absolute atomic E-state index is 12.4.